The zero-order chi connectivity index (χ0) is 20.2. The van der Waals surface area contributed by atoms with Gasteiger partial charge in [-0.3, -0.25) is 14.8 Å². The average Bonchev–Trinajstić information content (AvgIpc) is 2.64. The summed E-state index contributed by atoms with van der Waals surface area (Å²) in [5, 5.41) is 14.9. The average molecular weight is 388 g/mol. The van der Waals surface area contributed by atoms with Crippen LogP contribution >= 0.6 is 0 Å². The van der Waals surface area contributed by atoms with Crippen molar-refractivity contribution in [2.75, 3.05) is 5.32 Å². The molecule has 6 heteroatoms. The van der Waals surface area contributed by atoms with Gasteiger partial charge in [0.05, 0.1) is 22.9 Å². The Labute approximate surface area is 169 Å². The number of anilines is 1. The summed E-state index contributed by atoms with van der Waals surface area (Å²) in [4.78, 5) is 25.9. The van der Waals surface area contributed by atoms with Gasteiger partial charge in [0, 0.05) is 34.9 Å². The van der Waals surface area contributed by atoms with Crippen molar-refractivity contribution in [1.82, 2.24) is 15.0 Å². The highest BCUT2D eigenvalue weighted by atomic mass is 16.3. The summed E-state index contributed by atoms with van der Waals surface area (Å²) < 4.78 is 0. The van der Waals surface area contributed by atoms with E-state index in [1.165, 1.54) is 0 Å². The van der Waals surface area contributed by atoms with Crippen LogP contribution < -0.4 is 5.32 Å². The monoisotopic (exact) mass is 388 g/mol. The standard InChI is InChI=1S/C23H24N4O2/c1-3-20(28)19-4-13(2)17(12-25-19)18-5-15-11-26-21(6-16(15)10-24-18)27-22(29)23-7-14(8-23)9-23/h4-6,10-12,14,20,28H,3,7-9H2,1-2H3,(H,26,27,29)/t14?,20-,23?/m0/s1. The Morgan fingerprint density at radius 1 is 1.14 bits per heavy atom. The number of rotatable bonds is 5. The van der Waals surface area contributed by atoms with Crippen LogP contribution in [-0.4, -0.2) is 26.0 Å². The first-order valence-corrected chi connectivity index (χ1v) is 10.2. The van der Waals surface area contributed by atoms with Gasteiger partial charge in [-0.25, -0.2) is 4.98 Å². The summed E-state index contributed by atoms with van der Waals surface area (Å²) in [6.45, 7) is 3.93. The van der Waals surface area contributed by atoms with E-state index in [1.54, 1.807) is 18.6 Å². The van der Waals surface area contributed by atoms with Gasteiger partial charge in [0.2, 0.25) is 5.91 Å². The molecule has 1 atom stereocenters. The third kappa shape index (κ3) is 2.99. The van der Waals surface area contributed by atoms with Gasteiger partial charge in [0.25, 0.3) is 0 Å². The predicted octanol–water partition coefficient (Wildman–Crippen LogP) is 4.18. The van der Waals surface area contributed by atoms with E-state index in [1.807, 2.05) is 32.0 Å². The Hall–Kier alpha value is -2.86. The lowest BCUT2D eigenvalue weighted by atomic mass is 9.44. The van der Waals surface area contributed by atoms with Crippen molar-refractivity contribution in [3.05, 3.63) is 48.0 Å². The van der Waals surface area contributed by atoms with Crippen molar-refractivity contribution in [3.63, 3.8) is 0 Å². The van der Waals surface area contributed by atoms with Crippen LogP contribution in [0.3, 0.4) is 0 Å². The lowest BCUT2D eigenvalue weighted by Crippen LogP contribution is -2.58. The minimum absolute atomic E-state index is 0.104. The SMILES string of the molecule is CC[C@H](O)c1cc(C)c(-c2cc3cnc(NC(=O)C45CC(C4)C5)cc3cn2)cn1. The minimum Gasteiger partial charge on any atom is -0.387 e. The van der Waals surface area contributed by atoms with E-state index in [0.29, 0.717) is 17.9 Å². The number of aliphatic hydroxyl groups excluding tert-OH is 1. The normalized spacial score (nSPS) is 23.2. The molecule has 3 aromatic rings. The smallest absolute Gasteiger partial charge is 0.231 e. The largest absolute Gasteiger partial charge is 0.387 e. The highest BCUT2D eigenvalue weighted by molar-refractivity contribution is 5.98. The summed E-state index contributed by atoms with van der Waals surface area (Å²) in [6, 6.07) is 5.77. The third-order valence-electron chi connectivity index (χ3n) is 6.50. The molecule has 3 heterocycles. The number of pyridine rings is 3. The Morgan fingerprint density at radius 2 is 1.86 bits per heavy atom. The van der Waals surface area contributed by atoms with E-state index < -0.39 is 6.10 Å². The van der Waals surface area contributed by atoms with Gasteiger partial charge in [-0.1, -0.05) is 6.92 Å². The van der Waals surface area contributed by atoms with Gasteiger partial charge in [-0.15, -0.1) is 0 Å². The van der Waals surface area contributed by atoms with Gasteiger partial charge in [0.15, 0.2) is 0 Å². The van der Waals surface area contributed by atoms with Crippen LogP contribution in [0.4, 0.5) is 5.82 Å². The number of aliphatic hydroxyl groups is 1. The van der Waals surface area contributed by atoms with E-state index >= 15 is 0 Å². The molecular weight excluding hydrogens is 364 g/mol. The number of hydrogen-bond acceptors (Lipinski definition) is 5. The molecule has 0 unspecified atom stereocenters. The molecule has 0 aliphatic heterocycles. The van der Waals surface area contributed by atoms with Crippen LogP contribution in [0.25, 0.3) is 22.0 Å². The first-order chi connectivity index (χ1) is 14.0. The molecule has 2 N–H and O–H groups in total. The molecule has 6 nitrogen and oxygen atoms in total. The lowest BCUT2D eigenvalue weighted by molar-refractivity contribution is -0.158. The Bertz CT molecular complexity index is 1110. The first-order valence-electron chi connectivity index (χ1n) is 10.2. The molecule has 29 heavy (non-hydrogen) atoms. The molecular formula is C23H24N4O2. The molecule has 2 bridgehead atoms. The number of fused-ring (bicyclic) bond motifs is 1. The van der Waals surface area contributed by atoms with Crippen molar-refractivity contribution < 1.29 is 9.90 Å². The van der Waals surface area contributed by atoms with E-state index in [-0.39, 0.29) is 11.3 Å². The quantitative estimate of drug-likeness (QED) is 0.684. The summed E-state index contributed by atoms with van der Waals surface area (Å²) in [5.74, 6) is 1.45. The zero-order valence-electron chi connectivity index (χ0n) is 16.6. The Morgan fingerprint density at radius 3 is 2.52 bits per heavy atom. The number of aryl methyl sites for hydroxylation is 1. The molecule has 0 radical (unpaired) electrons. The summed E-state index contributed by atoms with van der Waals surface area (Å²) in [5.41, 5.74) is 3.32. The highest BCUT2D eigenvalue weighted by Crippen LogP contribution is 2.64. The number of carbonyl (C=O) groups is 1. The van der Waals surface area contributed by atoms with Crippen molar-refractivity contribution in [3.8, 4) is 11.3 Å². The maximum Gasteiger partial charge on any atom is 0.231 e. The number of hydrogen-bond donors (Lipinski definition) is 2. The molecule has 3 aliphatic rings. The van der Waals surface area contributed by atoms with Gasteiger partial charge in [-0.05, 0) is 62.3 Å². The second kappa shape index (κ2) is 6.59. The van der Waals surface area contributed by atoms with Crippen LogP contribution in [0.15, 0.2) is 36.8 Å². The zero-order valence-corrected chi connectivity index (χ0v) is 16.6. The van der Waals surface area contributed by atoms with Crippen LogP contribution in [-0.2, 0) is 4.79 Å². The number of carbonyl (C=O) groups excluding carboxylic acids is 1. The van der Waals surface area contributed by atoms with Crippen molar-refractivity contribution in [2.45, 2.75) is 45.6 Å². The van der Waals surface area contributed by atoms with Crippen molar-refractivity contribution >= 4 is 22.5 Å². The van der Waals surface area contributed by atoms with Crippen LogP contribution in [0.5, 0.6) is 0 Å². The molecule has 3 aromatic heterocycles. The first kappa shape index (κ1) is 18.2. The molecule has 1 amide bonds. The molecule has 0 aromatic carbocycles. The Balaban J connectivity index is 1.40. The second-order valence-corrected chi connectivity index (χ2v) is 8.55. The number of amides is 1. The molecule has 3 fully saturated rings. The third-order valence-corrected chi connectivity index (χ3v) is 6.50. The van der Waals surface area contributed by atoms with E-state index in [0.717, 1.165) is 52.8 Å². The molecule has 0 saturated heterocycles. The number of nitrogens with zero attached hydrogens (tertiary/aromatic N) is 3. The van der Waals surface area contributed by atoms with Crippen molar-refractivity contribution in [2.24, 2.45) is 11.3 Å². The summed E-state index contributed by atoms with van der Waals surface area (Å²) in [7, 11) is 0. The van der Waals surface area contributed by atoms with E-state index in [9.17, 15) is 9.90 Å². The minimum atomic E-state index is -0.546. The van der Waals surface area contributed by atoms with E-state index in [2.05, 4.69) is 20.3 Å². The summed E-state index contributed by atoms with van der Waals surface area (Å²) >= 11 is 0. The molecule has 6 rings (SSSR count). The second-order valence-electron chi connectivity index (χ2n) is 8.55. The maximum atomic E-state index is 12.5. The molecule has 3 saturated carbocycles. The lowest BCUT2D eigenvalue weighted by Gasteiger charge is -2.59. The molecule has 0 spiro atoms. The van der Waals surface area contributed by atoms with Gasteiger partial charge < -0.3 is 10.4 Å². The number of aromatic nitrogens is 3. The fourth-order valence-electron chi connectivity index (χ4n) is 4.50. The van der Waals surface area contributed by atoms with Gasteiger partial charge >= 0.3 is 0 Å². The fourth-order valence-corrected chi connectivity index (χ4v) is 4.50. The summed E-state index contributed by atoms with van der Waals surface area (Å²) in [6.07, 6.45) is 8.51. The molecule has 148 valence electrons. The fraction of sp³-hybridized carbons (Fsp3) is 0.391. The predicted molar refractivity (Wildman–Crippen MR) is 111 cm³/mol. The van der Waals surface area contributed by atoms with Crippen molar-refractivity contribution in [1.29, 1.82) is 0 Å². The highest BCUT2D eigenvalue weighted by Gasteiger charge is 2.61. The molecule has 3 aliphatic carbocycles. The number of nitrogens with one attached hydrogen (secondary N) is 1. The van der Waals surface area contributed by atoms with Crippen LogP contribution in [0.1, 0.15) is 50.0 Å². The van der Waals surface area contributed by atoms with Crippen LogP contribution in [0, 0.1) is 18.3 Å². The van der Waals surface area contributed by atoms with Crippen LogP contribution in [0.2, 0.25) is 0 Å². The van der Waals surface area contributed by atoms with Gasteiger partial charge in [0.1, 0.15) is 5.82 Å². The maximum absolute atomic E-state index is 12.5. The van der Waals surface area contributed by atoms with E-state index in [4.69, 9.17) is 0 Å². The topological polar surface area (TPSA) is 88.0 Å². The Kier molecular flexibility index (Phi) is 4.13. The van der Waals surface area contributed by atoms with Gasteiger partial charge in [-0.2, -0.15) is 0 Å².